The van der Waals surface area contributed by atoms with Gasteiger partial charge in [0.1, 0.15) is 5.41 Å². The number of ether oxygens (including phenoxy) is 2. The first kappa shape index (κ1) is 20.6. The molecule has 1 aromatic rings. The van der Waals surface area contributed by atoms with Crippen molar-refractivity contribution in [1.29, 1.82) is 5.26 Å². The maximum absolute atomic E-state index is 12.2. The van der Waals surface area contributed by atoms with Gasteiger partial charge in [-0.3, -0.25) is 14.6 Å². The molecular weight excluding hydrogens is 320 g/mol. The molecular formula is C19H26N2O4. The highest BCUT2D eigenvalue weighted by Crippen LogP contribution is 2.32. The summed E-state index contributed by atoms with van der Waals surface area (Å²) in [5, 5.41) is 9.78. The zero-order valence-corrected chi connectivity index (χ0v) is 15.0. The molecule has 0 saturated carbocycles. The van der Waals surface area contributed by atoms with Crippen LogP contribution in [0.5, 0.6) is 0 Å². The third-order valence-corrected chi connectivity index (χ3v) is 3.84. The number of carbonyl (C=O) groups is 2. The molecule has 0 aliphatic rings. The number of hydrogen-bond donors (Lipinski definition) is 0. The van der Waals surface area contributed by atoms with Crippen molar-refractivity contribution in [3.05, 3.63) is 30.1 Å². The molecule has 0 fully saturated rings. The molecule has 0 spiro atoms. The molecule has 0 saturated heterocycles. The summed E-state index contributed by atoms with van der Waals surface area (Å²) in [6.07, 6.45) is 6.00. The summed E-state index contributed by atoms with van der Waals surface area (Å²) in [6.45, 7) is 4.61. The molecule has 0 amide bonds. The maximum atomic E-state index is 12.2. The lowest BCUT2D eigenvalue weighted by atomic mass is 9.77. The molecule has 6 heteroatoms. The van der Waals surface area contributed by atoms with Gasteiger partial charge >= 0.3 is 11.9 Å². The van der Waals surface area contributed by atoms with Crippen LogP contribution in [0.15, 0.2) is 24.5 Å². The summed E-state index contributed by atoms with van der Waals surface area (Å²) in [6, 6.07) is 5.50. The average Bonchev–Trinajstić information content (AvgIpc) is 2.62. The minimum atomic E-state index is -1.33. The van der Waals surface area contributed by atoms with E-state index < -0.39 is 17.4 Å². The number of nitrogens with zero attached hydrogens (tertiary/aromatic N) is 2. The normalized spacial score (nSPS) is 10.8. The third-order valence-electron chi connectivity index (χ3n) is 3.84. The van der Waals surface area contributed by atoms with E-state index in [0.29, 0.717) is 18.8 Å². The Hall–Kier alpha value is -2.42. The van der Waals surface area contributed by atoms with E-state index >= 15 is 0 Å². The Bertz CT molecular complexity index is 557. The Balaban J connectivity index is 2.91. The van der Waals surface area contributed by atoms with E-state index in [1.807, 2.05) is 13.8 Å². The lowest BCUT2D eigenvalue weighted by molar-refractivity contribution is -0.147. The van der Waals surface area contributed by atoms with Gasteiger partial charge in [-0.05, 0) is 24.5 Å². The van der Waals surface area contributed by atoms with Gasteiger partial charge in [0.05, 0.1) is 32.1 Å². The van der Waals surface area contributed by atoms with Crippen molar-refractivity contribution in [2.45, 2.75) is 57.8 Å². The molecule has 25 heavy (non-hydrogen) atoms. The number of carbonyl (C=O) groups excluding carboxylic acids is 2. The van der Waals surface area contributed by atoms with Crippen molar-refractivity contribution < 1.29 is 19.1 Å². The zero-order chi connectivity index (χ0) is 18.5. The van der Waals surface area contributed by atoms with Gasteiger partial charge in [-0.1, -0.05) is 32.8 Å². The van der Waals surface area contributed by atoms with E-state index in [1.165, 1.54) is 6.20 Å². The Morgan fingerprint density at radius 3 is 2.08 bits per heavy atom. The van der Waals surface area contributed by atoms with E-state index in [2.05, 4.69) is 11.1 Å². The first-order valence-corrected chi connectivity index (χ1v) is 8.71. The fourth-order valence-corrected chi connectivity index (χ4v) is 2.31. The summed E-state index contributed by atoms with van der Waals surface area (Å²) in [4.78, 5) is 28.3. The average molecular weight is 346 g/mol. The molecule has 0 atom stereocenters. The smallest absolute Gasteiger partial charge is 0.307 e. The van der Waals surface area contributed by atoms with Gasteiger partial charge in [0.2, 0.25) is 0 Å². The van der Waals surface area contributed by atoms with Gasteiger partial charge in [-0.2, -0.15) is 5.26 Å². The molecule has 0 radical (unpaired) electrons. The molecule has 0 aromatic carbocycles. The second kappa shape index (κ2) is 11.2. The number of aromatic nitrogens is 1. The highest BCUT2D eigenvalue weighted by Gasteiger charge is 2.39. The topological polar surface area (TPSA) is 89.3 Å². The minimum Gasteiger partial charge on any atom is -0.466 e. The highest BCUT2D eigenvalue weighted by molar-refractivity contribution is 5.77. The SMILES string of the molecule is CCCCOC(=O)CC(C#N)(CC(=O)OCCCC)c1cccnc1. The molecule has 136 valence electrons. The van der Waals surface area contributed by atoms with Crippen LogP contribution in [-0.4, -0.2) is 30.1 Å². The summed E-state index contributed by atoms with van der Waals surface area (Å²) in [7, 11) is 0. The zero-order valence-electron chi connectivity index (χ0n) is 15.0. The Labute approximate surface area is 149 Å². The Kier molecular flexibility index (Phi) is 9.23. The number of pyridine rings is 1. The van der Waals surface area contributed by atoms with Gasteiger partial charge in [-0.25, -0.2) is 0 Å². The van der Waals surface area contributed by atoms with E-state index in [1.54, 1.807) is 18.3 Å². The molecule has 1 aromatic heterocycles. The van der Waals surface area contributed by atoms with Crippen molar-refractivity contribution >= 4 is 11.9 Å². The summed E-state index contributed by atoms with van der Waals surface area (Å²) in [5.41, 5.74) is -0.821. The number of nitriles is 1. The van der Waals surface area contributed by atoms with Crippen molar-refractivity contribution in [2.24, 2.45) is 0 Å². The fraction of sp³-hybridized carbons (Fsp3) is 0.579. The van der Waals surface area contributed by atoms with Crippen LogP contribution in [0.4, 0.5) is 0 Å². The molecule has 6 nitrogen and oxygen atoms in total. The van der Waals surface area contributed by atoms with Crippen LogP contribution in [0.25, 0.3) is 0 Å². The monoisotopic (exact) mass is 346 g/mol. The first-order chi connectivity index (χ1) is 12.1. The highest BCUT2D eigenvalue weighted by atomic mass is 16.5. The molecule has 1 heterocycles. The van der Waals surface area contributed by atoms with Gasteiger partial charge < -0.3 is 9.47 Å². The van der Waals surface area contributed by atoms with Gasteiger partial charge in [0.25, 0.3) is 0 Å². The molecule has 1 rings (SSSR count). The largest absolute Gasteiger partial charge is 0.466 e. The molecule has 0 aliphatic heterocycles. The van der Waals surface area contributed by atoms with E-state index in [0.717, 1.165) is 25.7 Å². The van der Waals surface area contributed by atoms with Crippen LogP contribution in [-0.2, 0) is 24.5 Å². The Morgan fingerprint density at radius 2 is 1.68 bits per heavy atom. The Morgan fingerprint density at radius 1 is 1.12 bits per heavy atom. The van der Waals surface area contributed by atoms with Crippen LogP contribution in [0.2, 0.25) is 0 Å². The number of hydrogen-bond acceptors (Lipinski definition) is 6. The molecule has 0 bridgehead atoms. The van der Waals surface area contributed by atoms with Crippen LogP contribution in [0.1, 0.15) is 57.9 Å². The van der Waals surface area contributed by atoms with Crippen LogP contribution < -0.4 is 0 Å². The second-order valence-corrected chi connectivity index (χ2v) is 5.94. The third kappa shape index (κ3) is 6.92. The predicted octanol–water partition coefficient (Wildman–Crippen LogP) is 3.31. The van der Waals surface area contributed by atoms with E-state index in [9.17, 15) is 14.9 Å². The van der Waals surface area contributed by atoms with Crippen molar-refractivity contribution in [3.63, 3.8) is 0 Å². The van der Waals surface area contributed by atoms with E-state index in [-0.39, 0.29) is 12.8 Å². The van der Waals surface area contributed by atoms with Gasteiger partial charge in [-0.15, -0.1) is 0 Å². The molecule has 0 aliphatic carbocycles. The van der Waals surface area contributed by atoms with Crippen LogP contribution in [0.3, 0.4) is 0 Å². The standard InChI is InChI=1S/C19H26N2O4/c1-3-5-10-24-17(22)12-19(15-20,16-8-7-9-21-14-16)13-18(23)25-11-6-4-2/h7-9,14H,3-6,10-13H2,1-2H3. The first-order valence-electron chi connectivity index (χ1n) is 8.71. The van der Waals surface area contributed by atoms with Crippen molar-refractivity contribution in [1.82, 2.24) is 4.98 Å². The minimum absolute atomic E-state index is 0.207. The summed E-state index contributed by atoms with van der Waals surface area (Å²) >= 11 is 0. The van der Waals surface area contributed by atoms with Gasteiger partial charge in [0.15, 0.2) is 0 Å². The van der Waals surface area contributed by atoms with Crippen LogP contribution in [0, 0.1) is 11.3 Å². The lowest BCUT2D eigenvalue weighted by Crippen LogP contribution is -2.32. The van der Waals surface area contributed by atoms with Crippen molar-refractivity contribution in [2.75, 3.05) is 13.2 Å². The van der Waals surface area contributed by atoms with Gasteiger partial charge in [0, 0.05) is 12.4 Å². The molecule has 0 N–H and O–H groups in total. The van der Waals surface area contributed by atoms with Crippen LogP contribution >= 0.6 is 0 Å². The number of esters is 2. The number of unbranched alkanes of at least 4 members (excludes halogenated alkanes) is 2. The predicted molar refractivity (Wildman–Crippen MR) is 92.5 cm³/mol. The van der Waals surface area contributed by atoms with Crippen molar-refractivity contribution in [3.8, 4) is 6.07 Å². The van der Waals surface area contributed by atoms with E-state index in [4.69, 9.17) is 9.47 Å². The molecule has 0 unspecified atom stereocenters. The summed E-state index contributed by atoms with van der Waals surface area (Å²) in [5.74, 6) is -1.000. The summed E-state index contributed by atoms with van der Waals surface area (Å²) < 4.78 is 10.4. The fourth-order valence-electron chi connectivity index (χ4n) is 2.31. The second-order valence-electron chi connectivity index (χ2n) is 5.94. The lowest BCUT2D eigenvalue weighted by Gasteiger charge is -2.25. The number of rotatable bonds is 11. The maximum Gasteiger partial charge on any atom is 0.307 e. The quantitative estimate of drug-likeness (QED) is 0.451.